The maximum absolute atomic E-state index is 13.9. The van der Waals surface area contributed by atoms with Crippen LogP contribution in [0.25, 0.3) is 0 Å². The second-order valence-corrected chi connectivity index (χ2v) is 5.76. The summed E-state index contributed by atoms with van der Waals surface area (Å²) in [7, 11) is 1.35. The summed E-state index contributed by atoms with van der Waals surface area (Å²) in [6, 6.07) is 5.23. The summed E-state index contributed by atoms with van der Waals surface area (Å²) in [6.45, 7) is 0. The molecule has 1 aromatic carbocycles. The van der Waals surface area contributed by atoms with Crippen LogP contribution in [0.1, 0.15) is 10.4 Å². The van der Waals surface area contributed by atoms with Crippen molar-refractivity contribution < 1.29 is 14.0 Å². The Kier molecular flexibility index (Phi) is 5.32. The van der Waals surface area contributed by atoms with Crippen LogP contribution in [0.2, 0.25) is 0 Å². The van der Waals surface area contributed by atoms with Crippen LogP contribution in [0, 0.1) is 9.39 Å². The second-order valence-electron chi connectivity index (χ2n) is 4.51. The molecule has 0 unspecified atom stereocenters. The maximum Gasteiger partial charge on any atom is 0.331 e. The average Bonchev–Trinajstić information content (AvgIpc) is 2.49. The van der Waals surface area contributed by atoms with Crippen molar-refractivity contribution in [2.24, 2.45) is 5.73 Å². The fourth-order valence-electron chi connectivity index (χ4n) is 1.81. The summed E-state index contributed by atoms with van der Waals surface area (Å²) in [5.41, 5.74) is 7.84. The van der Waals surface area contributed by atoms with Gasteiger partial charge in [0.2, 0.25) is 0 Å². The van der Waals surface area contributed by atoms with Gasteiger partial charge < -0.3 is 11.1 Å². The highest BCUT2D eigenvalue weighted by atomic mass is 127. The third kappa shape index (κ3) is 4.28. The molecule has 0 spiro atoms. The monoisotopic (exact) mass is 429 g/mol. The average molecular weight is 429 g/mol. The van der Waals surface area contributed by atoms with Gasteiger partial charge in [-0.25, -0.2) is 14.6 Å². The molecule has 0 bridgehead atoms. The van der Waals surface area contributed by atoms with Crippen LogP contribution < -0.4 is 16.5 Å². The SMILES string of the molecule is CN(NC(N)=O)C(=O)c1ccncc1Nc1ccc(I)cc1F. The number of urea groups is 1. The van der Waals surface area contributed by atoms with Crippen LogP contribution in [0.4, 0.5) is 20.6 Å². The molecule has 7 nitrogen and oxygen atoms in total. The van der Waals surface area contributed by atoms with Crippen molar-refractivity contribution in [2.75, 3.05) is 12.4 Å². The topological polar surface area (TPSA) is 100 Å². The molecule has 120 valence electrons. The van der Waals surface area contributed by atoms with Crippen LogP contribution in [-0.4, -0.2) is 29.0 Å². The third-order valence-electron chi connectivity index (χ3n) is 2.83. The molecule has 0 aliphatic heterocycles. The van der Waals surface area contributed by atoms with Crippen molar-refractivity contribution in [3.8, 4) is 0 Å². The number of benzene rings is 1. The van der Waals surface area contributed by atoms with Gasteiger partial charge in [-0.3, -0.25) is 14.8 Å². The van der Waals surface area contributed by atoms with Crippen molar-refractivity contribution in [1.29, 1.82) is 0 Å². The van der Waals surface area contributed by atoms with E-state index in [9.17, 15) is 14.0 Å². The van der Waals surface area contributed by atoms with E-state index in [1.807, 2.05) is 22.6 Å². The maximum atomic E-state index is 13.9. The summed E-state index contributed by atoms with van der Waals surface area (Å²) >= 11 is 2.00. The predicted octanol–water partition coefficient (Wildman–Crippen LogP) is 2.22. The van der Waals surface area contributed by atoms with E-state index in [2.05, 4.69) is 15.7 Å². The molecule has 0 aliphatic rings. The van der Waals surface area contributed by atoms with Crippen molar-refractivity contribution in [2.45, 2.75) is 0 Å². The van der Waals surface area contributed by atoms with Gasteiger partial charge in [0.15, 0.2) is 0 Å². The number of halogens is 2. The van der Waals surface area contributed by atoms with E-state index in [0.717, 1.165) is 8.58 Å². The van der Waals surface area contributed by atoms with E-state index in [0.29, 0.717) is 5.69 Å². The fraction of sp³-hybridized carbons (Fsp3) is 0.0714. The lowest BCUT2D eigenvalue weighted by Gasteiger charge is -2.19. The fourth-order valence-corrected chi connectivity index (χ4v) is 2.27. The summed E-state index contributed by atoms with van der Waals surface area (Å²) in [5.74, 6) is -0.984. The zero-order valence-electron chi connectivity index (χ0n) is 12.0. The van der Waals surface area contributed by atoms with Crippen LogP contribution in [0.3, 0.4) is 0 Å². The number of aromatic nitrogens is 1. The molecule has 0 radical (unpaired) electrons. The zero-order chi connectivity index (χ0) is 17.0. The molecule has 4 N–H and O–H groups in total. The third-order valence-corrected chi connectivity index (χ3v) is 3.51. The summed E-state index contributed by atoms with van der Waals surface area (Å²) in [6.07, 6.45) is 2.81. The highest BCUT2D eigenvalue weighted by Gasteiger charge is 2.17. The number of anilines is 2. The molecule has 1 aromatic heterocycles. The molecule has 23 heavy (non-hydrogen) atoms. The Bertz CT molecular complexity index is 756. The number of nitrogens with zero attached hydrogens (tertiary/aromatic N) is 2. The molecule has 0 aliphatic carbocycles. The molecule has 9 heteroatoms. The minimum Gasteiger partial charge on any atom is -0.351 e. The molecule has 0 saturated carbocycles. The number of pyridine rings is 1. The van der Waals surface area contributed by atoms with Crippen molar-refractivity contribution in [1.82, 2.24) is 15.4 Å². The number of hydrazine groups is 1. The number of hydrogen-bond acceptors (Lipinski definition) is 4. The van der Waals surface area contributed by atoms with Crippen molar-refractivity contribution in [3.05, 3.63) is 51.6 Å². The lowest BCUT2D eigenvalue weighted by Crippen LogP contribution is -2.46. The molecule has 1 heterocycles. The van der Waals surface area contributed by atoms with Crippen LogP contribution in [0.15, 0.2) is 36.7 Å². The first-order valence-electron chi connectivity index (χ1n) is 6.38. The van der Waals surface area contributed by atoms with Gasteiger partial charge >= 0.3 is 6.03 Å². The van der Waals surface area contributed by atoms with Gasteiger partial charge in [0.25, 0.3) is 5.91 Å². The predicted molar refractivity (Wildman–Crippen MR) is 91.4 cm³/mol. The van der Waals surface area contributed by atoms with Gasteiger partial charge in [0.1, 0.15) is 5.82 Å². The van der Waals surface area contributed by atoms with E-state index in [1.54, 1.807) is 12.1 Å². The number of nitrogens with two attached hydrogens (primary N) is 1. The van der Waals surface area contributed by atoms with Gasteiger partial charge in [-0.05, 0) is 46.9 Å². The molecule has 0 fully saturated rings. The summed E-state index contributed by atoms with van der Waals surface area (Å²) < 4.78 is 14.7. The molecular weight excluding hydrogens is 416 g/mol. The minimum absolute atomic E-state index is 0.203. The zero-order valence-corrected chi connectivity index (χ0v) is 14.2. The first kappa shape index (κ1) is 16.9. The Morgan fingerprint density at radius 3 is 2.70 bits per heavy atom. The van der Waals surface area contributed by atoms with Gasteiger partial charge in [0, 0.05) is 16.8 Å². The lowest BCUT2D eigenvalue weighted by atomic mass is 10.2. The first-order chi connectivity index (χ1) is 10.9. The van der Waals surface area contributed by atoms with Gasteiger partial charge in [-0.2, -0.15) is 0 Å². The van der Waals surface area contributed by atoms with E-state index in [-0.39, 0.29) is 11.3 Å². The van der Waals surface area contributed by atoms with Gasteiger partial charge in [0.05, 0.1) is 23.1 Å². The molecule has 3 amide bonds. The van der Waals surface area contributed by atoms with E-state index >= 15 is 0 Å². The van der Waals surface area contributed by atoms with E-state index in [1.165, 1.54) is 31.6 Å². The van der Waals surface area contributed by atoms with Crippen LogP contribution in [0.5, 0.6) is 0 Å². The lowest BCUT2D eigenvalue weighted by molar-refractivity contribution is 0.0739. The first-order valence-corrected chi connectivity index (χ1v) is 7.46. The highest BCUT2D eigenvalue weighted by molar-refractivity contribution is 14.1. The van der Waals surface area contributed by atoms with Gasteiger partial charge in [-0.15, -0.1) is 0 Å². The molecular formula is C14H13FIN5O2. The number of nitrogens with one attached hydrogen (secondary N) is 2. The van der Waals surface area contributed by atoms with E-state index in [4.69, 9.17) is 5.73 Å². The minimum atomic E-state index is -0.868. The summed E-state index contributed by atoms with van der Waals surface area (Å²) in [5, 5.41) is 3.76. The highest BCUT2D eigenvalue weighted by Crippen LogP contribution is 2.24. The normalized spacial score (nSPS) is 10.0. The standard InChI is InChI=1S/C14H13FIN5O2/c1-21(20-14(17)23)13(22)9-4-5-18-7-12(9)19-11-3-2-8(16)6-10(11)15/h2-7,19H,1H3,(H3,17,20,23). The molecule has 2 rings (SSSR count). The molecule has 0 saturated heterocycles. The number of carbonyl (C=O) groups excluding carboxylic acids is 2. The largest absolute Gasteiger partial charge is 0.351 e. The number of rotatable bonds is 3. The smallest absolute Gasteiger partial charge is 0.331 e. The van der Waals surface area contributed by atoms with Crippen LogP contribution >= 0.6 is 22.6 Å². The Labute approximate surface area is 145 Å². The Hall–Kier alpha value is -2.43. The second kappa shape index (κ2) is 7.22. The van der Waals surface area contributed by atoms with Crippen molar-refractivity contribution >= 4 is 45.9 Å². The number of amides is 3. The Morgan fingerprint density at radius 2 is 2.04 bits per heavy atom. The Balaban J connectivity index is 2.30. The molecule has 2 aromatic rings. The van der Waals surface area contributed by atoms with Gasteiger partial charge in [-0.1, -0.05) is 0 Å². The number of hydrogen-bond donors (Lipinski definition) is 3. The quantitative estimate of drug-likeness (QED) is 0.515. The number of primary amides is 1. The van der Waals surface area contributed by atoms with Crippen LogP contribution in [-0.2, 0) is 0 Å². The Morgan fingerprint density at radius 1 is 1.30 bits per heavy atom. The molecule has 0 atom stereocenters. The number of carbonyl (C=O) groups is 2. The summed E-state index contributed by atoms with van der Waals surface area (Å²) in [4.78, 5) is 27.1. The van der Waals surface area contributed by atoms with E-state index < -0.39 is 17.8 Å². The van der Waals surface area contributed by atoms with Crippen molar-refractivity contribution in [3.63, 3.8) is 0 Å².